The molecule has 2 aromatic rings. The zero-order valence-electron chi connectivity index (χ0n) is 13.4. The van der Waals surface area contributed by atoms with E-state index in [1.54, 1.807) is 31.2 Å². The van der Waals surface area contributed by atoms with E-state index in [1.807, 2.05) is 13.0 Å². The predicted octanol–water partition coefficient (Wildman–Crippen LogP) is 5.24. The molecule has 0 aromatic heterocycles. The Balaban J connectivity index is 1.96. The van der Waals surface area contributed by atoms with Gasteiger partial charge in [-0.25, -0.2) is 0 Å². The lowest BCUT2D eigenvalue weighted by molar-refractivity contribution is -0.125. The molecule has 0 aliphatic rings. The van der Waals surface area contributed by atoms with Gasteiger partial charge < -0.3 is 10.1 Å². The second kappa shape index (κ2) is 8.72. The summed E-state index contributed by atoms with van der Waals surface area (Å²) in [5, 5.41) is 7.06. The van der Waals surface area contributed by atoms with Gasteiger partial charge in [-0.1, -0.05) is 40.9 Å². The maximum atomic E-state index is 12.2. The van der Waals surface area contributed by atoms with Gasteiger partial charge in [-0.15, -0.1) is 0 Å². The van der Waals surface area contributed by atoms with E-state index in [-0.39, 0.29) is 5.11 Å². The average molecular weight is 418 g/mol. The van der Waals surface area contributed by atoms with Crippen LogP contribution in [0, 0.1) is 6.92 Å². The molecule has 0 fully saturated rings. The third kappa shape index (κ3) is 5.47. The summed E-state index contributed by atoms with van der Waals surface area (Å²) < 4.78 is 5.54. The summed E-state index contributed by atoms with van der Waals surface area (Å²) in [6, 6.07) is 10.1. The van der Waals surface area contributed by atoms with Crippen molar-refractivity contribution in [2.45, 2.75) is 20.0 Å². The van der Waals surface area contributed by atoms with Crippen LogP contribution in [0.5, 0.6) is 5.75 Å². The van der Waals surface area contributed by atoms with Crippen molar-refractivity contribution in [2.75, 3.05) is 5.32 Å². The molecule has 2 N–H and O–H groups in total. The fourth-order valence-corrected chi connectivity index (χ4v) is 2.76. The largest absolute Gasteiger partial charge is 0.479 e. The molecule has 1 amide bonds. The van der Waals surface area contributed by atoms with E-state index in [4.69, 9.17) is 51.8 Å². The van der Waals surface area contributed by atoms with Gasteiger partial charge in [0.15, 0.2) is 11.2 Å². The Kier molecular flexibility index (Phi) is 6.90. The minimum atomic E-state index is -0.807. The molecule has 0 radical (unpaired) electrons. The monoisotopic (exact) mass is 416 g/mol. The van der Waals surface area contributed by atoms with E-state index in [9.17, 15) is 4.79 Å². The molecule has 1 atom stereocenters. The lowest BCUT2D eigenvalue weighted by Crippen LogP contribution is -2.42. The van der Waals surface area contributed by atoms with Gasteiger partial charge in [-0.2, -0.15) is 0 Å². The molecule has 4 nitrogen and oxygen atoms in total. The number of carbonyl (C=O) groups excluding carboxylic acids is 1. The number of ether oxygens (including phenoxy) is 1. The second-order valence-electron chi connectivity index (χ2n) is 5.19. The van der Waals surface area contributed by atoms with Crippen molar-refractivity contribution in [3.8, 4) is 5.75 Å². The molecular weight excluding hydrogens is 403 g/mol. The third-order valence-electron chi connectivity index (χ3n) is 3.32. The van der Waals surface area contributed by atoms with Crippen LogP contribution in [0.25, 0.3) is 0 Å². The Morgan fingerprint density at radius 2 is 1.88 bits per heavy atom. The zero-order chi connectivity index (χ0) is 18.6. The maximum absolute atomic E-state index is 12.2. The second-order valence-corrected chi connectivity index (χ2v) is 6.85. The van der Waals surface area contributed by atoms with E-state index >= 15 is 0 Å². The minimum absolute atomic E-state index is 0.146. The van der Waals surface area contributed by atoms with Crippen molar-refractivity contribution in [2.24, 2.45) is 0 Å². The van der Waals surface area contributed by atoms with Gasteiger partial charge in [-0.3, -0.25) is 10.1 Å². The van der Waals surface area contributed by atoms with E-state index in [0.717, 1.165) is 5.56 Å². The first-order valence-corrected chi connectivity index (χ1v) is 8.81. The van der Waals surface area contributed by atoms with Crippen LogP contribution in [0.15, 0.2) is 36.4 Å². The van der Waals surface area contributed by atoms with Crippen LogP contribution < -0.4 is 15.4 Å². The van der Waals surface area contributed by atoms with E-state index in [0.29, 0.717) is 26.5 Å². The molecule has 2 aromatic carbocycles. The molecule has 0 aliphatic carbocycles. The number of nitrogens with one attached hydrogen (secondary N) is 2. The molecule has 0 saturated heterocycles. The fourth-order valence-electron chi connectivity index (χ4n) is 1.92. The standard InChI is InChI=1S/C17H15Cl3N2O2S/c1-9-12(19)4-3-5-14(9)21-17(25)22-16(23)10(2)24-15-7-6-11(18)8-13(15)20/h3-8,10H,1-2H3,(H2,21,22,23,25). The molecule has 0 heterocycles. The van der Waals surface area contributed by atoms with Crippen molar-refractivity contribution in [3.05, 3.63) is 57.0 Å². The molecule has 8 heteroatoms. The summed E-state index contributed by atoms with van der Waals surface area (Å²) in [4.78, 5) is 12.2. The number of amides is 1. The van der Waals surface area contributed by atoms with Gasteiger partial charge in [0.1, 0.15) is 5.75 Å². The van der Waals surface area contributed by atoms with Crippen molar-refractivity contribution in [1.82, 2.24) is 5.32 Å². The molecule has 0 spiro atoms. The Hall–Kier alpha value is -1.53. The molecular formula is C17H15Cl3N2O2S. The van der Waals surface area contributed by atoms with Gasteiger partial charge >= 0.3 is 0 Å². The van der Waals surface area contributed by atoms with E-state index in [1.165, 1.54) is 6.07 Å². The molecule has 0 bridgehead atoms. The maximum Gasteiger partial charge on any atom is 0.266 e. The molecule has 0 aliphatic heterocycles. The van der Waals surface area contributed by atoms with Gasteiger partial charge in [0.05, 0.1) is 5.02 Å². The predicted molar refractivity (Wildman–Crippen MR) is 107 cm³/mol. The average Bonchev–Trinajstić information content (AvgIpc) is 2.54. The third-order valence-corrected chi connectivity index (χ3v) is 4.46. The fraction of sp³-hybridized carbons (Fsp3) is 0.176. The Morgan fingerprint density at radius 1 is 1.16 bits per heavy atom. The smallest absolute Gasteiger partial charge is 0.266 e. The lowest BCUT2D eigenvalue weighted by Gasteiger charge is -2.17. The van der Waals surface area contributed by atoms with Crippen molar-refractivity contribution in [1.29, 1.82) is 0 Å². The summed E-state index contributed by atoms with van der Waals surface area (Å²) in [6.07, 6.45) is -0.807. The van der Waals surface area contributed by atoms with Gasteiger partial charge in [0.2, 0.25) is 0 Å². The highest BCUT2D eigenvalue weighted by Crippen LogP contribution is 2.28. The van der Waals surface area contributed by atoms with Gasteiger partial charge in [-0.05, 0) is 62.0 Å². The van der Waals surface area contributed by atoms with Crippen LogP contribution in [0.4, 0.5) is 5.69 Å². The molecule has 0 saturated carbocycles. The van der Waals surface area contributed by atoms with Crippen LogP contribution >= 0.6 is 47.0 Å². The SMILES string of the molecule is Cc1c(Cl)cccc1NC(=S)NC(=O)C(C)Oc1ccc(Cl)cc1Cl. The first-order valence-electron chi connectivity index (χ1n) is 7.26. The summed E-state index contributed by atoms with van der Waals surface area (Å²) in [5.41, 5.74) is 1.55. The van der Waals surface area contributed by atoms with Gasteiger partial charge in [0.25, 0.3) is 5.91 Å². The lowest BCUT2D eigenvalue weighted by atomic mass is 10.2. The van der Waals surface area contributed by atoms with Gasteiger partial charge in [0, 0.05) is 15.7 Å². The molecule has 132 valence electrons. The van der Waals surface area contributed by atoms with E-state index in [2.05, 4.69) is 10.6 Å². The Morgan fingerprint density at radius 3 is 2.56 bits per heavy atom. The highest BCUT2D eigenvalue weighted by molar-refractivity contribution is 7.80. The highest BCUT2D eigenvalue weighted by Gasteiger charge is 2.18. The van der Waals surface area contributed by atoms with E-state index < -0.39 is 12.0 Å². The highest BCUT2D eigenvalue weighted by atomic mass is 35.5. The van der Waals surface area contributed by atoms with Crippen LogP contribution in [-0.4, -0.2) is 17.1 Å². The summed E-state index contributed by atoms with van der Waals surface area (Å²) in [6.45, 7) is 3.44. The van der Waals surface area contributed by atoms with Crippen LogP contribution in [0.2, 0.25) is 15.1 Å². The number of hydrogen-bond acceptors (Lipinski definition) is 3. The number of carbonyl (C=O) groups is 1. The number of rotatable bonds is 4. The molecule has 25 heavy (non-hydrogen) atoms. The van der Waals surface area contributed by atoms with Crippen LogP contribution in [0.3, 0.4) is 0 Å². The molecule has 1 unspecified atom stereocenters. The zero-order valence-corrected chi connectivity index (χ0v) is 16.5. The van der Waals surface area contributed by atoms with Crippen molar-refractivity contribution >= 4 is 63.7 Å². The minimum Gasteiger partial charge on any atom is -0.479 e. The number of thiocarbonyl (C=S) groups is 1. The van der Waals surface area contributed by atoms with Crippen LogP contribution in [-0.2, 0) is 4.79 Å². The normalized spacial score (nSPS) is 11.6. The number of anilines is 1. The van der Waals surface area contributed by atoms with Crippen molar-refractivity contribution < 1.29 is 9.53 Å². The number of benzene rings is 2. The number of hydrogen-bond donors (Lipinski definition) is 2. The molecule has 2 rings (SSSR count). The van der Waals surface area contributed by atoms with Crippen molar-refractivity contribution in [3.63, 3.8) is 0 Å². The Bertz CT molecular complexity index is 814. The first-order chi connectivity index (χ1) is 11.8. The topological polar surface area (TPSA) is 50.4 Å². The first kappa shape index (κ1) is 19.8. The van der Waals surface area contributed by atoms with Crippen LogP contribution in [0.1, 0.15) is 12.5 Å². The number of halogens is 3. The quantitative estimate of drug-likeness (QED) is 0.668. The summed E-state index contributed by atoms with van der Waals surface area (Å²) in [5.74, 6) is -0.0542. The Labute approximate surface area is 166 Å². The summed E-state index contributed by atoms with van der Waals surface area (Å²) >= 11 is 23.1. The summed E-state index contributed by atoms with van der Waals surface area (Å²) in [7, 11) is 0.